The number of nitrogens with zero attached hydrogens (tertiary/aromatic N) is 2. The van der Waals surface area contributed by atoms with E-state index in [0.29, 0.717) is 11.3 Å². The van der Waals surface area contributed by atoms with Crippen molar-refractivity contribution in [2.24, 2.45) is 0 Å². The van der Waals surface area contributed by atoms with Gasteiger partial charge in [-0.25, -0.2) is 4.98 Å². The van der Waals surface area contributed by atoms with Crippen molar-refractivity contribution in [1.82, 2.24) is 4.98 Å². The number of hydrogen-bond donors (Lipinski definition) is 2. The molecular weight excluding hydrogens is 286 g/mol. The molecule has 0 aliphatic heterocycles. The maximum absolute atomic E-state index is 11.1. The summed E-state index contributed by atoms with van der Waals surface area (Å²) >= 11 is 0. The first kappa shape index (κ1) is 15.7. The number of benzene rings is 1. The lowest BCUT2D eigenvalue weighted by atomic mass is 10.1. The highest BCUT2D eigenvalue weighted by atomic mass is 16.6. The number of anilines is 1. The van der Waals surface area contributed by atoms with Crippen molar-refractivity contribution in [3.05, 3.63) is 57.8 Å². The molecule has 2 N–H and O–H groups in total. The summed E-state index contributed by atoms with van der Waals surface area (Å²) in [5, 5.41) is 23.6. The molecule has 2 rings (SSSR count). The molecule has 1 heterocycles. The minimum Gasteiger partial charge on any atom is -0.497 e. The van der Waals surface area contributed by atoms with Gasteiger partial charge >= 0.3 is 5.69 Å². The van der Waals surface area contributed by atoms with Crippen LogP contribution in [0.25, 0.3) is 0 Å². The van der Waals surface area contributed by atoms with Gasteiger partial charge in [0, 0.05) is 12.3 Å². The molecule has 116 valence electrons. The highest BCUT2D eigenvalue weighted by Crippen LogP contribution is 2.28. The van der Waals surface area contributed by atoms with E-state index in [1.165, 1.54) is 12.3 Å². The third-order valence-electron chi connectivity index (χ3n) is 3.19. The van der Waals surface area contributed by atoms with E-state index in [2.05, 4.69) is 10.3 Å². The summed E-state index contributed by atoms with van der Waals surface area (Å²) in [5.41, 5.74) is 1.32. The van der Waals surface area contributed by atoms with E-state index in [9.17, 15) is 15.2 Å². The summed E-state index contributed by atoms with van der Waals surface area (Å²) in [4.78, 5) is 14.7. The van der Waals surface area contributed by atoms with Gasteiger partial charge in [0.1, 0.15) is 5.75 Å². The Labute approximate surface area is 127 Å². The van der Waals surface area contributed by atoms with E-state index in [-0.39, 0.29) is 18.1 Å². The van der Waals surface area contributed by atoms with E-state index < -0.39 is 11.0 Å². The van der Waals surface area contributed by atoms with Crippen molar-refractivity contribution in [2.75, 3.05) is 19.0 Å². The van der Waals surface area contributed by atoms with Crippen LogP contribution in [0.15, 0.2) is 36.5 Å². The quantitative estimate of drug-likeness (QED) is 0.628. The summed E-state index contributed by atoms with van der Waals surface area (Å²) in [6.45, 7) is 1.50. The molecule has 1 aromatic carbocycles. The zero-order valence-electron chi connectivity index (χ0n) is 12.3. The molecule has 0 saturated heterocycles. The first-order chi connectivity index (χ1) is 10.5. The van der Waals surface area contributed by atoms with Crippen molar-refractivity contribution in [3.8, 4) is 5.75 Å². The van der Waals surface area contributed by atoms with Gasteiger partial charge in [-0.2, -0.15) is 0 Å². The summed E-state index contributed by atoms with van der Waals surface area (Å²) in [7, 11) is 1.55. The van der Waals surface area contributed by atoms with Crippen LogP contribution in [-0.2, 0) is 0 Å². The second-order valence-corrected chi connectivity index (χ2v) is 4.79. The van der Waals surface area contributed by atoms with Crippen molar-refractivity contribution >= 4 is 11.5 Å². The Balaban J connectivity index is 2.32. The standard InChI is InChI=1S/C15H17N3O4/c1-10-6-14(18(20)21)15(16-8-10)17-13(9-19)11-4-3-5-12(7-11)22-2/h3-8,13,19H,9H2,1-2H3,(H,16,17). The molecule has 0 fully saturated rings. The number of ether oxygens (including phenoxy) is 1. The fourth-order valence-corrected chi connectivity index (χ4v) is 2.06. The van der Waals surface area contributed by atoms with E-state index in [0.717, 1.165) is 5.56 Å². The van der Waals surface area contributed by atoms with Crippen LogP contribution >= 0.6 is 0 Å². The van der Waals surface area contributed by atoms with Gasteiger partial charge in [-0.15, -0.1) is 0 Å². The van der Waals surface area contributed by atoms with Crippen molar-refractivity contribution in [2.45, 2.75) is 13.0 Å². The lowest BCUT2D eigenvalue weighted by Gasteiger charge is -2.18. The zero-order chi connectivity index (χ0) is 16.1. The van der Waals surface area contributed by atoms with Gasteiger partial charge in [0.25, 0.3) is 0 Å². The highest BCUT2D eigenvalue weighted by molar-refractivity contribution is 5.57. The SMILES string of the molecule is COc1cccc(C(CO)Nc2ncc(C)cc2[N+](=O)[O-])c1. The predicted molar refractivity (Wildman–Crippen MR) is 82.1 cm³/mol. The number of aliphatic hydroxyl groups is 1. The Kier molecular flexibility index (Phi) is 4.90. The number of nitrogens with one attached hydrogen (secondary N) is 1. The van der Waals surface area contributed by atoms with Crippen LogP contribution in [0.1, 0.15) is 17.2 Å². The van der Waals surface area contributed by atoms with Gasteiger partial charge in [-0.3, -0.25) is 10.1 Å². The van der Waals surface area contributed by atoms with Crippen LogP contribution in [0.3, 0.4) is 0 Å². The van der Waals surface area contributed by atoms with E-state index in [4.69, 9.17) is 4.74 Å². The summed E-state index contributed by atoms with van der Waals surface area (Å²) in [6, 6.07) is 8.05. The average Bonchev–Trinajstić information content (AvgIpc) is 2.53. The highest BCUT2D eigenvalue weighted by Gasteiger charge is 2.20. The van der Waals surface area contributed by atoms with Crippen molar-refractivity contribution in [1.29, 1.82) is 0 Å². The number of aromatic nitrogens is 1. The first-order valence-corrected chi connectivity index (χ1v) is 6.67. The van der Waals surface area contributed by atoms with Gasteiger partial charge < -0.3 is 15.2 Å². The molecule has 7 heteroatoms. The number of rotatable bonds is 6. The zero-order valence-corrected chi connectivity index (χ0v) is 12.3. The van der Waals surface area contributed by atoms with Crippen LogP contribution in [0, 0.1) is 17.0 Å². The normalized spacial score (nSPS) is 11.8. The molecule has 2 aromatic rings. The first-order valence-electron chi connectivity index (χ1n) is 6.67. The Hall–Kier alpha value is -2.67. The molecule has 0 bridgehead atoms. The maximum Gasteiger partial charge on any atom is 0.311 e. The minimum atomic E-state index is -0.524. The molecular formula is C15H17N3O4. The molecule has 1 unspecified atom stereocenters. The van der Waals surface area contributed by atoms with Crippen molar-refractivity contribution in [3.63, 3.8) is 0 Å². The minimum absolute atomic E-state index is 0.123. The predicted octanol–water partition coefficient (Wildman–Crippen LogP) is 2.45. The topological polar surface area (TPSA) is 97.5 Å². The number of hydrogen-bond acceptors (Lipinski definition) is 6. The number of pyridine rings is 1. The lowest BCUT2D eigenvalue weighted by Crippen LogP contribution is -2.16. The Morgan fingerprint density at radius 3 is 2.86 bits per heavy atom. The van der Waals surface area contributed by atoms with Gasteiger partial charge in [-0.05, 0) is 30.2 Å². The Bertz CT molecular complexity index is 676. The molecule has 0 aliphatic carbocycles. The van der Waals surface area contributed by atoms with Gasteiger partial charge in [0.2, 0.25) is 5.82 Å². The summed E-state index contributed by atoms with van der Waals surface area (Å²) in [5.74, 6) is 0.765. The maximum atomic E-state index is 11.1. The molecule has 7 nitrogen and oxygen atoms in total. The van der Waals surface area contributed by atoms with E-state index in [1.807, 2.05) is 0 Å². The fraction of sp³-hybridized carbons (Fsp3) is 0.267. The largest absolute Gasteiger partial charge is 0.497 e. The Morgan fingerprint density at radius 2 is 2.23 bits per heavy atom. The second-order valence-electron chi connectivity index (χ2n) is 4.79. The van der Waals surface area contributed by atoms with Crippen LogP contribution < -0.4 is 10.1 Å². The third kappa shape index (κ3) is 3.50. The Morgan fingerprint density at radius 1 is 1.45 bits per heavy atom. The van der Waals surface area contributed by atoms with Crippen LogP contribution in [-0.4, -0.2) is 28.7 Å². The molecule has 0 spiro atoms. The monoisotopic (exact) mass is 303 g/mol. The average molecular weight is 303 g/mol. The molecule has 22 heavy (non-hydrogen) atoms. The van der Waals surface area contributed by atoms with Crippen LogP contribution in [0.4, 0.5) is 11.5 Å². The summed E-state index contributed by atoms with van der Waals surface area (Å²) in [6.07, 6.45) is 1.54. The van der Waals surface area contributed by atoms with Crippen molar-refractivity contribution < 1.29 is 14.8 Å². The van der Waals surface area contributed by atoms with Gasteiger partial charge in [-0.1, -0.05) is 12.1 Å². The molecule has 1 aromatic heterocycles. The molecule has 0 amide bonds. The van der Waals surface area contributed by atoms with Gasteiger partial charge in [0.05, 0.1) is 24.7 Å². The van der Waals surface area contributed by atoms with Crippen LogP contribution in [0.2, 0.25) is 0 Å². The van der Waals surface area contributed by atoms with E-state index >= 15 is 0 Å². The number of methoxy groups -OCH3 is 1. The second kappa shape index (κ2) is 6.86. The lowest BCUT2D eigenvalue weighted by molar-refractivity contribution is -0.384. The summed E-state index contributed by atoms with van der Waals surface area (Å²) < 4.78 is 5.14. The number of nitro groups is 1. The number of aliphatic hydroxyl groups excluding tert-OH is 1. The van der Waals surface area contributed by atoms with Crippen LogP contribution in [0.5, 0.6) is 5.75 Å². The number of aryl methyl sites for hydroxylation is 1. The fourth-order valence-electron chi connectivity index (χ4n) is 2.06. The molecule has 0 saturated carbocycles. The smallest absolute Gasteiger partial charge is 0.311 e. The molecule has 0 radical (unpaired) electrons. The van der Waals surface area contributed by atoms with Gasteiger partial charge in [0.15, 0.2) is 0 Å². The molecule has 1 atom stereocenters. The third-order valence-corrected chi connectivity index (χ3v) is 3.19. The molecule has 0 aliphatic rings. The van der Waals surface area contributed by atoms with E-state index in [1.54, 1.807) is 38.3 Å².